The molecule has 0 aliphatic heterocycles. The van der Waals surface area contributed by atoms with Gasteiger partial charge in [0.2, 0.25) is 0 Å². The summed E-state index contributed by atoms with van der Waals surface area (Å²) in [5.74, 6) is -1.90. The van der Waals surface area contributed by atoms with Gasteiger partial charge in [-0.1, -0.05) is 0 Å². The highest BCUT2D eigenvalue weighted by atomic mass is 19.4. The molecule has 13 heavy (non-hydrogen) atoms. The molecule has 0 fully saturated rings. The first kappa shape index (κ1) is 12.2. The predicted molar refractivity (Wildman–Crippen MR) is 40.2 cm³/mol. The Hall–Kier alpha value is -0.780. The number of ether oxygens (including phenoxy) is 1. The molecule has 0 saturated heterocycles. The van der Waals surface area contributed by atoms with E-state index in [0.717, 1.165) is 0 Å². The van der Waals surface area contributed by atoms with Crippen molar-refractivity contribution in [2.24, 2.45) is 0 Å². The van der Waals surface area contributed by atoms with Crippen molar-refractivity contribution >= 4 is 5.91 Å². The summed E-state index contributed by atoms with van der Waals surface area (Å²) in [6.07, 6.45) is -4.40. The number of carbonyl (C=O) groups excluding carboxylic acids is 1. The van der Waals surface area contributed by atoms with Crippen molar-refractivity contribution in [3.8, 4) is 0 Å². The van der Waals surface area contributed by atoms with Crippen LogP contribution in [0.2, 0.25) is 0 Å². The summed E-state index contributed by atoms with van der Waals surface area (Å²) >= 11 is 0. The molecule has 0 bridgehead atoms. The Labute approximate surface area is 74.3 Å². The monoisotopic (exact) mass is 199 g/mol. The first-order valence-corrected chi connectivity index (χ1v) is 3.91. The SMILES string of the molecule is CCOCCCNC(=O)C(F)(F)F. The van der Waals surface area contributed by atoms with Crippen LogP contribution >= 0.6 is 0 Å². The molecule has 0 aromatic rings. The van der Waals surface area contributed by atoms with Crippen molar-refractivity contribution in [3.05, 3.63) is 0 Å². The fourth-order valence-electron chi connectivity index (χ4n) is 0.621. The van der Waals surface area contributed by atoms with Crippen LogP contribution in [0.15, 0.2) is 0 Å². The molecule has 0 aliphatic carbocycles. The lowest BCUT2D eigenvalue weighted by Gasteiger charge is -2.07. The molecule has 6 heteroatoms. The summed E-state index contributed by atoms with van der Waals surface area (Å²) in [5.41, 5.74) is 0. The van der Waals surface area contributed by atoms with Crippen LogP contribution in [0.5, 0.6) is 0 Å². The molecular weight excluding hydrogens is 187 g/mol. The quantitative estimate of drug-likeness (QED) is 0.673. The van der Waals surface area contributed by atoms with Crippen LogP contribution in [-0.2, 0) is 9.53 Å². The zero-order valence-corrected chi connectivity index (χ0v) is 7.28. The molecular formula is C7H12F3NO2. The van der Waals surface area contributed by atoms with E-state index in [0.29, 0.717) is 19.6 Å². The van der Waals surface area contributed by atoms with E-state index in [9.17, 15) is 18.0 Å². The molecule has 0 heterocycles. The van der Waals surface area contributed by atoms with Crippen molar-refractivity contribution in [2.45, 2.75) is 19.5 Å². The maximum atomic E-state index is 11.6. The van der Waals surface area contributed by atoms with Crippen molar-refractivity contribution in [1.29, 1.82) is 0 Å². The summed E-state index contributed by atoms with van der Waals surface area (Å²) in [5, 5.41) is 1.74. The lowest BCUT2D eigenvalue weighted by Crippen LogP contribution is -2.37. The Morgan fingerprint density at radius 2 is 2.08 bits per heavy atom. The predicted octanol–water partition coefficient (Wildman–Crippen LogP) is 1.09. The second-order valence-corrected chi connectivity index (χ2v) is 2.30. The number of amides is 1. The van der Waals surface area contributed by atoms with Crippen LogP contribution in [0.3, 0.4) is 0 Å². The molecule has 0 aromatic heterocycles. The van der Waals surface area contributed by atoms with Crippen LogP contribution in [0, 0.1) is 0 Å². The zero-order chi connectivity index (χ0) is 10.3. The van der Waals surface area contributed by atoms with Gasteiger partial charge in [-0.15, -0.1) is 0 Å². The molecule has 0 atom stereocenters. The van der Waals surface area contributed by atoms with Crippen LogP contribution < -0.4 is 5.32 Å². The zero-order valence-electron chi connectivity index (χ0n) is 7.28. The molecule has 0 aromatic carbocycles. The van der Waals surface area contributed by atoms with Gasteiger partial charge in [0.25, 0.3) is 0 Å². The third-order valence-electron chi connectivity index (χ3n) is 1.21. The van der Waals surface area contributed by atoms with Gasteiger partial charge < -0.3 is 10.1 Å². The Morgan fingerprint density at radius 1 is 1.46 bits per heavy atom. The number of hydrogen-bond donors (Lipinski definition) is 1. The number of hydrogen-bond acceptors (Lipinski definition) is 2. The molecule has 0 spiro atoms. The van der Waals surface area contributed by atoms with Gasteiger partial charge in [0, 0.05) is 19.8 Å². The van der Waals surface area contributed by atoms with Crippen molar-refractivity contribution in [2.75, 3.05) is 19.8 Å². The molecule has 3 nitrogen and oxygen atoms in total. The van der Waals surface area contributed by atoms with Gasteiger partial charge in [0.15, 0.2) is 0 Å². The maximum absolute atomic E-state index is 11.6. The minimum atomic E-state index is -4.79. The van der Waals surface area contributed by atoms with Gasteiger partial charge in [0.05, 0.1) is 0 Å². The van der Waals surface area contributed by atoms with E-state index in [-0.39, 0.29) is 6.54 Å². The first-order chi connectivity index (χ1) is 5.98. The van der Waals surface area contributed by atoms with Gasteiger partial charge in [0.1, 0.15) is 0 Å². The Balaban J connectivity index is 3.38. The highest BCUT2D eigenvalue weighted by molar-refractivity contribution is 5.81. The van der Waals surface area contributed by atoms with Crippen LogP contribution in [0.1, 0.15) is 13.3 Å². The van der Waals surface area contributed by atoms with E-state index in [1.165, 1.54) is 0 Å². The standard InChI is InChI=1S/C7H12F3NO2/c1-2-13-5-3-4-11-6(12)7(8,9)10/h2-5H2,1H3,(H,11,12). The van der Waals surface area contributed by atoms with Gasteiger partial charge >= 0.3 is 12.1 Å². The van der Waals surface area contributed by atoms with Crippen LogP contribution in [-0.4, -0.2) is 31.8 Å². The van der Waals surface area contributed by atoms with Gasteiger partial charge in [-0.25, -0.2) is 0 Å². The van der Waals surface area contributed by atoms with E-state index in [2.05, 4.69) is 0 Å². The fraction of sp³-hybridized carbons (Fsp3) is 0.857. The van der Waals surface area contributed by atoms with E-state index in [4.69, 9.17) is 4.74 Å². The van der Waals surface area contributed by atoms with Crippen molar-refractivity contribution < 1.29 is 22.7 Å². The van der Waals surface area contributed by atoms with Gasteiger partial charge in [-0.2, -0.15) is 13.2 Å². The van der Waals surface area contributed by atoms with Crippen LogP contribution in [0.4, 0.5) is 13.2 Å². The average molecular weight is 199 g/mol. The molecule has 1 amide bonds. The van der Waals surface area contributed by atoms with E-state index >= 15 is 0 Å². The minimum Gasteiger partial charge on any atom is -0.382 e. The summed E-state index contributed by atoms with van der Waals surface area (Å²) < 4.78 is 39.6. The Morgan fingerprint density at radius 3 is 2.54 bits per heavy atom. The summed E-state index contributed by atoms with van der Waals surface area (Å²) in [6.45, 7) is 2.65. The number of rotatable bonds is 5. The molecule has 0 radical (unpaired) electrons. The Kier molecular flexibility index (Phi) is 5.45. The summed E-state index contributed by atoms with van der Waals surface area (Å²) in [4.78, 5) is 10.2. The topological polar surface area (TPSA) is 38.3 Å². The second kappa shape index (κ2) is 5.80. The van der Waals surface area contributed by atoms with Crippen LogP contribution in [0.25, 0.3) is 0 Å². The lowest BCUT2D eigenvalue weighted by atomic mass is 10.4. The van der Waals surface area contributed by atoms with Crippen molar-refractivity contribution in [1.82, 2.24) is 5.32 Å². The van der Waals surface area contributed by atoms with Gasteiger partial charge in [-0.05, 0) is 13.3 Å². The van der Waals surface area contributed by atoms with E-state index < -0.39 is 12.1 Å². The molecule has 0 rings (SSSR count). The minimum absolute atomic E-state index is 0.0155. The lowest BCUT2D eigenvalue weighted by molar-refractivity contribution is -0.173. The molecule has 1 N–H and O–H groups in total. The molecule has 78 valence electrons. The second-order valence-electron chi connectivity index (χ2n) is 2.30. The average Bonchev–Trinajstić information content (AvgIpc) is 2.02. The van der Waals surface area contributed by atoms with E-state index in [1.807, 2.05) is 0 Å². The fourth-order valence-corrected chi connectivity index (χ4v) is 0.621. The summed E-state index contributed by atoms with van der Waals surface area (Å²) in [6, 6.07) is 0. The number of nitrogens with one attached hydrogen (secondary N) is 1. The smallest absolute Gasteiger partial charge is 0.382 e. The summed E-state index contributed by atoms with van der Waals surface area (Å²) in [7, 11) is 0. The largest absolute Gasteiger partial charge is 0.471 e. The number of alkyl halides is 3. The molecule has 0 aliphatic rings. The van der Waals surface area contributed by atoms with E-state index in [1.54, 1.807) is 12.2 Å². The highest BCUT2D eigenvalue weighted by Gasteiger charge is 2.38. The maximum Gasteiger partial charge on any atom is 0.471 e. The third kappa shape index (κ3) is 6.39. The first-order valence-electron chi connectivity index (χ1n) is 3.91. The highest BCUT2D eigenvalue weighted by Crippen LogP contribution is 2.13. The number of halogens is 3. The number of carbonyl (C=O) groups is 1. The van der Waals surface area contributed by atoms with Crippen molar-refractivity contribution in [3.63, 3.8) is 0 Å². The molecule has 0 unspecified atom stereocenters. The third-order valence-corrected chi connectivity index (χ3v) is 1.21. The molecule has 0 saturated carbocycles. The van der Waals surface area contributed by atoms with Gasteiger partial charge in [-0.3, -0.25) is 4.79 Å². The Bertz CT molecular complexity index is 158. The normalized spacial score (nSPS) is 11.4.